The zero-order chi connectivity index (χ0) is 23.2. The van der Waals surface area contributed by atoms with Crippen LogP contribution < -0.4 is 9.47 Å². The van der Waals surface area contributed by atoms with E-state index in [1.807, 2.05) is 55.1 Å². The first-order chi connectivity index (χ1) is 16.0. The molecule has 1 unspecified atom stereocenters. The summed E-state index contributed by atoms with van der Waals surface area (Å²) in [6.45, 7) is 5.87. The maximum absolute atomic E-state index is 13.4. The number of aryl methyl sites for hydroxylation is 2. The normalized spacial score (nSPS) is 15.4. The highest BCUT2D eigenvalue weighted by atomic mass is 16.5. The molecule has 1 amide bonds. The Morgan fingerprint density at radius 2 is 1.94 bits per heavy atom. The maximum atomic E-state index is 13.4. The molecule has 0 bridgehead atoms. The number of rotatable bonds is 9. The summed E-state index contributed by atoms with van der Waals surface area (Å²) >= 11 is 0. The summed E-state index contributed by atoms with van der Waals surface area (Å²) in [6.07, 6.45) is 2.05. The number of ether oxygens (including phenoxy) is 3. The molecule has 3 aromatic rings. The fraction of sp³-hybridized carbons (Fsp3) is 0.385. The van der Waals surface area contributed by atoms with E-state index in [-0.39, 0.29) is 12.0 Å². The molecular formula is C26H30N2O5. The number of carbonyl (C=O) groups excluding carboxylic acids is 1. The number of nitrogens with zero attached hydrogens (tertiary/aromatic N) is 2. The summed E-state index contributed by atoms with van der Waals surface area (Å²) in [4.78, 5) is 15.3. The van der Waals surface area contributed by atoms with E-state index in [9.17, 15) is 4.79 Å². The van der Waals surface area contributed by atoms with Gasteiger partial charge in [-0.2, -0.15) is 0 Å². The first-order valence-electron chi connectivity index (χ1n) is 11.2. The highest BCUT2D eigenvalue weighted by molar-refractivity contribution is 5.94. The fourth-order valence-electron chi connectivity index (χ4n) is 4.03. The Labute approximate surface area is 194 Å². The summed E-state index contributed by atoms with van der Waals surface area (Å²) in [7, 11) is 1.65. The molecular weight excluding hydrogens is 420 g/mol. The van der Waals surface area contributed by atoms with Crippen LogP contribution in [0.25, 0.3) is 0 Å². The summed E-state index contributed by atoms with van der Waals surface area (Å²) in [5.41, 5.74) is 3.33. The molecule has 0 spiro atoms. The van der Waals surface area contributed by atoms with Gasteiger partial charge in [-0.1, -0.05) is 23.4 Å². The van der Waals surface area contributed by atoms with E-state index in [0.29, 0.717) is 31.0 Å². The Kier molecular flexibility index (Phi) is 7.29. The summed E-state index contributed by atoms with van der Waals surface area (Å²) in [6, 6.07) is 15.0. The molecule has 174 valence electrons. The zero-order valence-corrected chi connectivity index (χ0v) is 19.4. The largest absolute Gasteiger partial charge is 0.496 e. The third-order valence-electron chi connectivity index (χ3n) is 5.95. The molecule has 1 atom stereocenters. The van der Waals surface area contributed by atoms with Gasteiger partial charge in [-0.25, -0.2) is 0 Å². The quantitative estimate of drug-likeness (QED) is 0.470. The van der Waals surface area contributed by atoms with Gasteiger partial charge in [0, 0.05) is 30.8 Å². The number of para-hydroxylation sites is 1. The van der Waals surface area contributed by atoms with Crippen molar-refractivity contribution in [3.8, 4) is 11.5 Å². The Hall–Kier alpha value is -3.32. The van der Waals surface area contributed by atoms with Gasteiger partial charge in [0.25, 0.3) is 5.91 Å². The second-order valence-corrected chi connectivity index (χ2v) is 8.25. The summed E-state index contributed by atoms with van der Waals surface area (Å²) in [5.74, 6) is 2.15. The number of benzene rings is 2. The average Bonchev–Trinajstić information content (AvgIpc) is 3.47. The van der Waals surface area contributed by atoms with E-state index in [1.54, 1.807) is 19.2 Å². The molecule has 7 heteroatoms. The minimum atomic E-state index is -0.0475. The molecule has 0 saturated carbocycles. The molecule has 0 radical (unpaired) electrons. The van der Waals surface area contributed by atoms with Crippen molar-refractivity contribution in [2.75, 3.05) is 20.3 Å². The second kappa shape index (κ2) is 10.5. The van der Waals surface area contributed by atoms with E-state index in [1.165, 1.54) is 0 Å². The van der Waals surface area contributed by atoms with Crippen LogP contribution in [0.5, 0.6) is 11.5 Å². The van der Waals surface area contributed by atoms with Crippen molar-refractivity contribution in [3.63, 3.8) is 0 Å². The Bertz CT molecular complexity index is 1050. The van der Waals surface area contributed by atoms with Crippen LogP contribution in [-0.2, 0) is 17.9 Å². The number of hydrogen-bond donors (Lipinski definition) is 0. The molecule has 1 saturated heterocycles. The maximum Gasteiger partial charge on any atom is 0.254 e. The lowest BCUT2D eigenvalue weighted by molar-refractivity contribution is 0.0505. The minimum absolute atomic E-state index is 0.0475. The fourth-order valence-corrected chi connectivity index (χ4v) is 4.03. The monoisotopic (exact) mass is 450 g/mol. The van der Waals surface area contributed by atoms with Crippen LogP contribution in [0.2, 0.25) is 0 Å². The summed E-state index contributed by atoms with van der Waals surface area (Å²) in [5, 5.41) is 3.95. The SMILES string of the molecule is COc1ccccc1CN(CC1CCCO1)C(=O)c1ccc(OCc2c(C)noc2C)cc1. The first-order valence-corrected chi connectivity index (χ1v) is 11.2. The van der Waals surface area contributed by atoms with Crippen molar-refractivity contribution in [1.29, 1.82) is 0 Å². The van der Waals surface area contributed by atoms with Gasteiger partial charge in [-0.15, -0.1) is 0 Å². The zero-order valence-electron chi connectivity index (χ0n) is 19.4. The van der Waals surface area contributed by atoms with E-state index in [4.69, 9.17) is 18.7 Å². The van der Waals surface area contributed by atoms with Crippen LogP contribution >= 0.6 is 0 Å². The van der Waals surface area contributed by atoms with Crippen LogP contribution in [0, 0.1) is 13.8 Å². The van der Waals surface area contributed by atoms with Crippen LogP contribution in [0.4, 0.5) is 0 Å². The Balaban J connectivity index is 1.47. The molecule has 0 N–H and O–H groups in total. The van der Waals surface area contributed by atoms with Crippen molar-refractivity contribution in [1.82, 2.24) is 10.1 Å². The molecule has 4 rings (SSSR count). The smallest absolute Gasteiger partial charge is 0.254 e. The third kappa shape index (κ3) is 5.54. The number of carbonyl (C=O) groups is 1. The Morgan fingerprint density at radius 3 is 2.61 bits per heavy atom. The molecule has 7 nitrogen and oxygen atoms in total. The molecule has 1 aliphatic rings. The summed E-state index contributed by atoms with van der Waals surface area (Å²) < 4.78 is 22.4. The van der Waals surface area contributed by atoms with Gasteiger partial charge in [0.2, 0.25) is 0 Å². The molecule has 0 aliphatic carbocycles. The van der Waals surface area contributed by atoms with E-state index in [2.05, 4.69) is 5.16 Å². The molecule has 1 aliphatic heterocycles. The Morgan fingerprint density at radius 1 is 1.15 bits per heavy atom. The standard InChI is InChI=1S/C26H30N2O5/c1-18-24(19(2)33-27-18)17-32-22-12-10-20(11-13-22)26(29)28(16-23-8-6-14-31-23)15-21-7-4-5-9-25(21)30-3/h4-5,7,9-13,23H,6,8,14-17H2,1-3H3. The lowest BCUT2D eigenvalue weighted by atomic mass is 10.1. The van der Waals surface area contributed by atoms with Crippen molar-refractivity contribution in [3.05, 3.63) is 76.7 Å². The minimum Gasteiger partial charge on any atom is -0.496 e. The van der Waals surface area contributed by atoms with Gasteiger partial charge in [-0.3, -0.25) is 4.79 Å². The van der Waals surface area contributed by atoms with Gasteiger partial charge in [-0.05, 0) is 57.0 Å². The number of aromatic nitrogens is 1. The average molecular weight is 451 g/mol. The number of amides is 1. The number of hydrogen-bond acceptors (Lipinski definition) is 6. The highest BCUT2D eigenvalue weighted by Crippen LogP contribution is 2.24. The molecule has 1 aromatic heterocycles. The van der Waals surface area contributed by atoms with Gasteiger partial charge in [0.15, 0.2) is 0 Å². The molecule has 33 heavy (non-hydrogen) atoms. The van der Waals surface area contributed by atoms with Crippen LogP contribution in [-0.4, -0.2) is 42.3 Å². The van der Waals surface area contributed by atoms with E-state index < -0.39 is 0 Å². The van der Waals surface area contributed by atoms with Crippen LogP contribution in [0.3, 0.4) is 0 Å². The van der Waals surface area contributed by atoms with Crippen LogP contribution in [0.1, 0.15) is 45.8 Å². The second-order valence-electron chi connectivity index (χ2n) is 8.25. The molecule has 2 heterocycles. The predicted molar refractivity (Wildman–Crippen MR) is 123 cm³/mol. The van der Waals surface area contributed by atoms with Gasteiger partial charge < -0.3 is 23.6 Å². The van der Waals surface area contributed by atoms with Crippen molar-refractivity contribution >= 4 is 5.91 Å². The van der Waals surface area contributed by atoms with Gasteiger partial charge in [0.1, 0.15) is 23.9 Å². The van der Waals surface area contributed by atoms with Gasteiger partial charge in [0.05, 0.1) is 24.5 Å². The van der Waals surface area contributed by atoms with Gasteiger partial charge >= 0.3 is 0 Å². The first kappa shape index (κ1) is 22.9. The lowest BCUT2D eigenvalue weighted by Gasteiger charge is -2.26. The van der Waals surface area contributed by atoms with E-state index >= 15 is 0 Å². The predicted octanol–water partition coefficient (Wildman–Crippen LogP) is 4.70. The lowest BCUT2D eigenvalue weighted by Crippen LogP contribution is -2.37. The van der Waals surface area contributed by atoms with Crippen molar-refractivity contribution < 1.29 is 23.5 Å². The number of methoxy groups -OCH3 is 1. The van der Waals surface area contributed by atoms with Crippen molar-refractivity contribution in [2.24, 2.45) is 0 Å². The van der Waals surface area contributed by atoms with Crippen molar-refractivity contribution in [2.45, 2.75) is 45.9 Å². The topological polar surface area (TPSA) is 74.0 Å². The highest BCUT2D eigenvalue weighted by Gasteiger charge is 2.24. The van der Waals surface area contributed by atoms with E-state index in [0.717, 1.165) is 47.8 Å². The molecule has 2 aromatic carbocycles. The third-order valence-corrected chi connectivity index (χ3v) is 5.95. The van der Waals surface area contributed by atoms with Crippen LogP contribution in [0.15, 0.2) is 53.1 Å². The molecule has 1 fully saturated rings.